The average molecular weight is 1810 g/mol. The number of hydrogen-bond donors (Lipinski definition) is 0. The fourth-order valence-electron chi connectivity index (χ4n) is 20.9. The predicted octanol–water partition coefficient (Wildman–Crippen LogP) is 35.9. The molecule has 0 fully saturated rings. The molecular formula is C128H77N7S3. The van der Waals surface area contributed by atoms with Gasteiger partial charge in [-0.25, -0.2) is 29.9 Å². The van der Waals surface area contributed by atoms with Gasteiger partial charge in [-0.05, 0) is 196 Å². The summed E-state index contributed by atoms with van der Waals surface area (Å²) in [6.45, 7) is 0. The molecule has 642 valence electrons. The van der Waals surface area contributed by atoms with Gasteiger partial charge in [-0.1, -0.05) is 358 Å². The van der Waals surface area contributed by atoms with E-state index in [1.807, 2.05) is 64.3 Å². The van der Waals surface area contributed by atoms with Crippen LogP contribution in [0.5, 0.6) is 0 Å². The first-order valence-corrected chi connectivity index (χ1v) is 49.0. The summed E-state index contributed by atoms with van der Waals surface area (Å²) in [5, 5.41) is 25.9. The van der Waals surface area contributed by atoms with Crippen LogP contribution < -0.4 is 0 Å². The van der Waals surface area contributed by atoms with Crippen LogP contribution in [0.25, 0.3) is 276 Å². The Kier molecular flexibility index (Phi) is 19.4. The van der Waals surface area contributed by atoms with Gasteiger partial charge in [0, 0.05) is 127 Å². The number of nitrogens with zero attached hydrogens (tertiary/aromatic N) is 7. The Balaban J connectivity index is 0.000000107. The molecule has 0 N–H and O–H groups in total. The highest BCUT2D eigenvalue weighted by atomic mass is 32.1. The molecular weight excluding hydrogens is 1730 g/mol. The average Bonchev–Trinajstić information content (AvgIpc) is 1.65. The van der Waals surface area contributed by atoms with Crippen molar-refractivity contribution in [2.75, 3.05) is 0 Å². The van der Waals surface area contributed by atoms with Crippen molar-refractivity contribution in [2.24, 2.45) is 0 Å². The summed E-state index contributed by atoms with van der Waals surface area (Å²) in [7, 11) is 0. The smallest absolute Gasteiger partial charge is 0.161 e. The standard InChI is InChI=1S/C52H31N3S.C40H24N2S.C36H22N2S/c1-2-12-35(13-3-1)55-46-20-10-7-16-39(46)40-26-24-34(31-47(40)55)51-42-17-6-9-19-45(42)53-52(54-51)41-28-27-36(37-14-4-5-15-38(37)41)33-23-22-32-25-29-49-50(44(32)30-33)43-18-8-11-21-48(43)56-49;1-2-10-26(11-3-1)39-32-14-6-8-16-35(32)41-40(42-39)31-22-21-28(29-12-4-5-13-30(29)31)27-19-18-25-20-23-37-38(34(25)24-27)33-15-7-9-17-36(33)43-37;1-2-8-25(9-3-1)35-28-10-4-6-12-31(28)37-36(38-35)26-17-14-23(15-18-26)27-19-16-24-20-21-33-34(30(24)22-27)29-11-5-7-13-32(29)39-33/h1-31H;1-24H;1-22H. The van der Waals surface area contributed by atoms with Gasteiger partial charge >= 0.3 is 0 Å². The summed E-state index contributed by atoms with van der Waals surface area (Å²) >= 11 is 5.60. The van der Waals surface area contributed by atoms with E-state index in [1.165, 1.54) is 153 Å². The Morgan fingerprint density at radius 1 is 0.159 bits per heavy atom. The molecule has 0 unspecified atom stereocenters. The van der Waals surface area contributed by atoms with E-state index in [2.05, 4.69) is 441 Å². The number of benzene rings is 22. The highest BCUT2D eigenvalue weighted by Gasteiger charge is 2.24. The molecule has 7 aromatic heterocycles. The molecule has 0 aliphatic heterocycles. The van der Waals surface area contributed by atoms with Gasteiger partial charge in [0.15, 0.2) is 17.5 Å². The van der Waals surface area contributed by atoms with E-state index in [4.69, 9.17) is 29.9 Å². The van der Waals surface area contributed by atoms with Gasteiger partial charge in [-0.15, -0.1) is 34.0 Å². The molecule has 10 heteroatoms. The highest BCUT2D eigenvalue weighted by molar-refractivity contribution is 7.27. The van der Waals surface area contributed by atoms with Crippen LogP contribution in [0.1, 0.15) is 0 Å². The van der Waals surface area contributed by atoms with Crippen molar-refractivity contribution in [1.82, 2.24) is 34.5 Å². The van der Waals surface area contributed by atoms with Crippen molar-refractivity contribution in [1.29, 1.82) is 0 Å². The third-order valence-corrected chi connectivity index (χ3v) is 30.8. The summed E-state index contributed by atoms with van der Waals surface area (Å²) in [6, 6.07) is 167. The van der Waals surface area contributed by atoms with Gasteiger partial charge < -0.3 is 4.57 Å². The van der Waals surface area contributed by atoms with Crippen LogP contribution in [0.15, 0.2) is 467 Å². The van der Waals surface area contributed by atoms with E-state index in [0.29, 0.717) is 0 Å². The lowest BCUT2D eigenvalue weighted by molar-refractivity contribution is 1.18. The summed E-state index contributed by atoms with van der Waals surface area (Å²) in [5.74, 6) is 2.20. The zero-order valence-electron chi connectivity index (χ0n) is 74.3. The molecule has 0 saturated heterocycles. The quantitative estimate of drug-likeness (QED) is 0.136. The number of para-hydroxylation sites is 5. The van der Waals surface area contributed by atoms with E-state index in [1.54, 1.807) is 0 Å². The van der Waals surface area contributed by atoms with E-state index in [0.717, 1.165) is 123 Å². The fraction of sp³-hybridized carbons (Fsp3) is 0. The summed E-state index contributed by atoms with van der Waals surface area (Å²) in [5.41, 5.74) is 22.6. The Hall–Kier alpha value is -17.4. The third kappa shape index (κ3) is 13.8. The van der Waals surface area contributed by atoms with Gasteiger partial charge in [0.05, 0.1) is 44.7 Å². The zero-order valence-corrected chi connectivity index (χ0v) is 76.8. The second kappa shape index (κ2) is 33.4. The van der Waals surface area contributed by atoms with Crippen LogP contribution in [0.4, 0.5) is 0 Å². The van der Waals surface area contributed by atoms with E-state index in [-0.39, 0.29) is 0 Å². The molecule has 0 bridgehead atoms. The molecule has 22 aromatic carbocycles. The Morgan fingerprint density at radius 2 is 0.471 bits per heavy atom. The van der Waals surface area contributed by atoms with Crippen molar-refractivity contribution >= 4 is 203 Å². The Bertz CT molecular complexity index is 10000. The van der Waals surface area contributed by atoms with Crippen LogP contribution in [0, 0.1) is 0 Å². The minimum Gasteiger partial charge on any atom is -0.309 e. The Morgan fingerprint density at radius 3 is 0.928 bits per heavy atom. The first-order valence-electron chi connectivity index (χ1n) is 46.6. The molecule has 7 heterocycles. The molecule has 0 aliphatic carbocycles. The molecule has 0 atom stereocenters. The molecule has 0 aliphatic rings. The minimum absolute atomic E-state index is 0.718. The SMILES string of the molecule is c1ccc(-c2nc(-c3ccc(-c4ccc5ccc6sc7ccccc7c6c5c4)c4ccccc34)nc3ccccc23)cc1.c1ccc(-c2nc(-c3ccc(-c4ccc5ccc6sc7ccccc7c6c5c4)cc3)nc3ccccc23)cc1.c1ccc(-n2c3ccccc3c3ccc(-c4nc(-c5ccc(-c6ccc7ccc8sc9ccccc9c8c7c6)c6ccccc56)nc5ccccc45)cc32)cc1. The van der Waals surface area contributed by atoms with E-state index < -0.39 is 0 Å². The molecule has 0 radical (unpaired) electrons. The lowest BCUT2D eigenvalue weighted by Crippen LogP contribution is -1.97. The molecule has 7 nitrogen and oxygen atoms in total. The zero-order chi connectivity index (χ0) is 90.8. The summed E-state index contributed by atoms with van der Waals surface area (Å²) in [6.07, 6.45) is 0. The van der Waals surface area contributed by atoms with Crippen LogP contribution in [-0.2, 0) is 0 Å². The Labute approximate surface area is 805 Å². The lowest BCUT2D eigenvalue weighted by Gasteiger charge is -2.14. The van der Waals surface area contributed by atoms with Gasteiger partial charge in [-0.2, -0.15) is 0 Å². The third-order valence-electron chi connectivity index (χ3n) is 27.4. The molecule has 138 heavy (non-hydrogen) atoms. The number of fused-ring (bicyclic) bond motifs is 23. The van der Waals surface area contributed by atoms with Crippen molar-refractivity contribution < 1.29 is 0 Å². The van der Waals surface area contributed by atoms with Crippen molar-refractivity contribution in [3.8, 4) is 107 Å². The van der Waals surface area contributed by atoms with Crippen LogP contribution in [0.3, 0.4) is 0 Å². The maximum absolute atomic E-state index is 5.44. The van der Waals surface area contributed by atoms with E-state index >= 15 is 0 Å². The number of hydrogen-bond acceptors (Lipinski definition) is 9. The first-order chi connectivity index (χ1) is 68.4. The largest absolute Gasteiger partial charge is 0.309 e. The lowest BCUT2D eigenvalue weighted by atomic mass is 9.92. The van der Waals surface area contributed by atoms with Crippen LogP contribution in [0.2, 0.25) is 0 Å². The van der Waals surface area contributed by atoms with Gasteiger partial charge in [-0.3, -0.25) is 0 Å². The monoisotopic (exact) mass is 1810 g/mol. The maximum Gasteiger partial charge on any atom is 0.161 e. The molecule has 29 rings (SSSR count). The van der Waals surface area contributed by atoms with Crippen molar-refractivity contribution in [3.63, 3.8) is 0 Å². The number of thiophene rings is 3. The second-order valence-corrected chi connectivity index (χ2v) is 38.6. The summed E-state index contributed by atoms with van der Waals surface area (Å²) in [4.78, 5) is 30.9. The van der Waals surface area contributed by atoms with Crippen LogP contribution in [-0.4, -0.2) is 34.5 Å². The number of rotatable bonds is 10. The van der Waals surface area contributed by atoms with Gasteiger partial charge in [0.25, 0.3) is 0 Å². The second-order valence-electron chi connectivity index (χ2n) is 35.3. The van der Waals surface area contributed by atoms with Crippen molar-refractivity contribution in [2.45, 2.75) is 0 Å². The summed E-state index contributed by atoms with van der Waals surface area (Å²) < 4.78 is 10.3. The molecule has 0 amide bonds. The normalized spacial score (nSPS) is 11.8. The van der Waals surface area contributed by atoms with Crippen LogP contribution >= 0.6 is 34.0 Å². The topological polar surface area (TPSA) is 82.3 Å². The highest BCUT2D eigenvalue weighted by Crippen LogP contribution is 2.48. The minimum atomic E-state index is 0.718. The molecule has 0 spiro atoms. The predicted molar refractivity (Wildman–Crippen MR) is 588 cm³/mol. The molecule has 0 saturated carbocycles. The molecule has 29 aromatic rings. The number of aromatic nitrogens is 7. The van der Waals surface area contributed by atoms with Gasteiger partial charge in [0.2, 0.25) is 0 Å². The first kappa shape index (κ1) is 80.3. The maximum atomic E-state index is 5.44. The fourth-order valence-corrected chi connectivity index (χ4v) is 24.2. The van der Waals surface area contributed by atoms with E-state index in [9.17, 15) is 0 Å². The van der Waals surface area contributed by atoms with Gasteiger partial charge in [0.1, 0.15) is 0 Å². The van der Waals surface area contributed by atoms with Crippen molar-refractivity contribution in [3.05, 3.63) is 467 Å².